The fourth-order valence-corrected chi connectivity index (χ4v) is 2.15. The number of nitrogens with one attached hydrogen (secondary N) is 1. The first kappa shape index (κ1) is 14.0. The van der Waals surface area contributed by atoms with Crippen molar-refractivity contribution in [2.75, 3.05) is 0 Å². The summed E-state index contributed by atoms with van der Waals surface area (Å²) in [5.74, 6) is -2.05. The molecule has 6 N–H and O–H groups in total. The minimum atomic E-state index is -1.52. The van der Waals surface area contributed by atoms with Gasteiger partial charge in [-0.25, -0.2) is 4.79 Å². The van der Waals surface area contributed by atoms with Crippen molar-refractivity contribution >= 4 is 22.8 Å². The molecule has 2 aromatic rings. The average Bonchev–Trinajstić information content (AvgIpc) is 2.76. The molecule has 0 saturated carbocycles. The van der Waals surface area contributed by atoms with E-state index in [1.54, 1.807) is 24.3 Å². The number of nitrogens with two attached hydrogens (primary N) is 1. The SMILES string of the molecule is NC(=O)CC(O)C(O)c1c(C(=O)O)[nH]c2ccccc12. The molecule has 1 aromatic heterocycles. The van der Waals surface area contributed by atoms with Crippen molar-refractivity contribution in [2.24, 2.45) is 5.73 Å². The van der Waals surface area contributed by atoms with E-state index < -0.39 is 30.5 Å². The number of carbonyl (C=O) groups excluding carboxylic acids is 1. The van der Waals surface area contributed by atoms with Crippen molar-refractivity contribution in [3.63, 3.8) is 0 Å². The second-order valence-corrected chi connectivity index (χ2v) is 4.45. The monoisotopic (exact) mass is 278 g/mol. The number of carboxylic acid groups (broad SMARTS) is 1. The van der Waals surface area contributed by atoms with Crippen molar-refractivity contribution in [2.45, 2.75) is 18.6 Å². The van der Waals surface area contributed by atoms with E-state index in [-0.39, 0.29) is 11.3 Å². The summed E-state index contributed by atoms with van der Waals surface area (Å²) in [6.45, 7) is 0. The fourth-order valence-electron chi connectivity index (χ4n) is 2.15. The maximum Gasteiger partial charge on any atom is 0.352 e. The Morgan fingerprint density at radius 1 is 1.25 bits per heavy atom. The summed E-state index contributed by atoms with van der Waals surface area (Å²) in [5.41, 5.74) is 5.30. The van der Waals surface area contributed by atoms with Gasteiger partial charge in [-0.3, -0.25) is 4.79 Å². The van der Waals surface area contributed by atoms with Gasteiger partial charge in [0.25, 0.3) is 0 Å². The van der Waals surface area contributed by atoms with Crippen LogP contribution in [0.25, 0.3) is 10.9 Å². The van der Waals surface area contributed by atoms with Crippen LogP contribution in [0.1, 0.15) is 28.6 Å². The molecule has 0 saturated heterocycles. The summed E-state index contributed by atoms with van der Waals surface area (Å²) in [7, 11) is 0. The number of H-pyrrole nitrogens is 1. The first-order chi connectivity index (χ1) is 9.41. The second kappa shape index (κ2) is 5.32. The van der Waals surface area contributed by atoms with Crippen LogP contribution in [0.5, 0.6) is 0 Å². The van der Waals surface area contributed by atoms with E-state index in [4.69, 9.17) is 10.8 Å². The predicted octanol–water partition coefficient (Wildman–Crippen LogP) is 0.136. The van der Waals surface area contributed by atoms with Crippen LogP contribution >= 0.6 is 0 Å². The van der Waals surface area contributed by atoms with Crippen LogP contribution in [0.3, 0.4) is 0 Å². The number of hydrogen-bond donors (Lipinski definition) is 5. The highest BCUT2D eigenvalue weighted by Gasteiger charge is 2.28. The molecule has 0 spiro atoms. The number of carboxylic acids is 1. The molecule has 7 heteroatoms. The lowest BCUT2D eigenvalue weighted by Crippen LogP contribution is -2.26. The largest absolute Gasteiger partial charge is 0.477 e. The maximum atomic E-state index is 11.2. The Bertz CT molecular complexity index is 664. The molecule has 0 aliphatic heterocycles. The summed E-state index contributed by atoms with van der Waals surface area (Å²) >= 11 is 0. The quantitative estimate of drug-likeness (QED) is 0.529. The molecule has 0 radical (unpaired) electrons. The molecule has 0 bridgehead atoms. The molecule has 20 heavy (non-hydrogen) atoms. The zero-order valence-corrected chi connectivity index (χ0v) is 10.4. The van der Waals surface area contributed by atoms with E-state index in [0.717, 1.165) is 0 Å². The van der Waals surface area contributed by atoms with Crippen molar-refractivity contribution in [3.05, 3.63) is 35.5 Å². The third-order valence-corrected chi connectivity index (χ3v) is 3.03. The van der Waals surface area contributed by atoms with Gasteiger partial charge in [-0.1, -0.05) is 18.2 Å². The Morgan fingerprint density at radius 2 is 1.90 bits per heavy atom. The number of hydrogen-bond acceptors (Lipinski definition) is 4. The molecule has 0 aliphatic carbocycles. The third kappa shape index (κ3) is 2.49. The summed E-state index contributed by atoms with van der Waals surface area (Å²) in [6.07, 6.45) is -3.45. The molecule has 2 unspecified atom stereocenters. The van der Waals surface area contributed by atoms with Crippen LogP contribution in [0.2, 0.25) is 0 Å². The highest BCUT2D eigenvalue weighted by Crippen LogP contribution is 2.30. The van der Waals surface area contributed by atoms with Gasteiger partial charge in [0.1, 0.15) is 11.8 Å². The Labute approximate surface area is 113 Å². The van der Waals surface area contributed by atoms with Crippen LogP contribution in [-0.4, -0.2) is 38.3 Å². The van der Waals surface area contributed by atoms with Gasteiger partial charge in [-0.2, -0.15) is 0 Å². The first-order valence-corrected chi connectivity index (χ1v) is 5.90. The lowest BCUT2D eigenvalue weighted by molar-refractivity contribution is -0.121. The Morgan fingerprint density at radius 3 is 2.50 bits per heavy atom. The summed E-state index contributed by atoms with van der Waals surface area (Å²) in [4.78, 5) is 24.7. The van der Waals surface area contributed by atoms with Crippen LogP contribution in [-0.2, 0) is 4.79 Å². The number of aromatic amines is 1. The smallest absolute Gasteiger partial charge is 0.352 e. The van der Waals surface area contributed by atoms with Gasteiger partial charge in [-0.15, -0.1) is 0 Å². The number of amides is 1. The summed E-state index contributed by atoms with van der Waals surface area (Å²) in [6, 6.07) is 6.66. The number of rotatable bonds is 5. The van der Waals surface area contributed by atoms with Gasteiger partial charge in [-0.05, 0) is 6.07 Å². The Balaban J connectivity index is 2.53. The fraction of sp³-hybridized carbons (Fsp3) is 0.231. The van der Waals surface area contributed by atoms with Crippen LogP contribution in [0, 0.1) is 0 Å². The summed E-state index contributed by atoms with van der Waals surface area (Å²) < 4.78 is 0. The van der Waals surface area contributed by atoms with E-state index in [1.165, 1.54) is 0 Å². The van der Waals surface area contributed by atoms with Gasteiger partial charge in [0.15, 0.2) is 0 Å². The van der Waals surface area contributed by atoms with Gasteiger partial charge in [0.05, 0.1) is 12.5 Å². The van der Waals surface area contributed by atoms with Crippen LogP contribution < -0.4 is 5.73 Å². The van der Waals surface area contributed by atoms with Crippen molar-refractivity contribution in [1.29, 1.82) is 0 Å². The highest BCUT2D eigenvalue weighted by molar-refractivity contribution is 5.97. The molecule has 2 atom stereocenters. The Kier molecular flexibility index (Phi) is 3.73. The third-order valence-electron chi connectivity index (χ3n) is 3.03. The zero-order chi connectivity index (χ0) is 14.9. The standard InChI is InChI=1S/C13H14N2O5/c14-9(17)5-8(16)12(18)10-6-3-1-2-4-7(6)15-11(10)13(19)20/h1-4,8,12,15-16,18H,5H2,(H2,14,17)(H,19,20). The number of fused-ring (bicyclic) bond motifs is 1. The van der Waals surface area contributed by atoms with Gasteiger partial charge in [0.2, 0.25) is 5.91 Å². The molecule has 1 aromatic carbocycles. The molecule has 0 aliphatic rings. The van der Waals surface area contributed by atoms with Crippen molar-refractivity contribution in [1.82, 2.24) is 4.98 Å². The molecular weight excluding hydrogens is 264 g/mol. The van der Waals surface area contributed by atoms with E-state index in [0.29, 0.717) is 10.9 Å². The highest BCUT2D eigenvalue weighted by atomic mass is 16.4. The predicted molar refractivity (Wildman–Crippen MR) is 70.0 cm³/mol. The van der Waals surface area contributed by atoms with E-state index in [2.05, 4.69) is 4.98 Å². The topological polar surface area (TPSA) is 137 Å². The van der Waals surface area contributed by atoms with Gasteiger partial charge in [0, 0.05) is 16.5 Å². The van der Waals surface area contributed by atoms with E-state index in [1.807, 2.05) is 0 Å². The number of aromatic carboxylic acids is 1. The average molecular weight is 278 g/mol. The molecule has 0 fully saturated rings. The number of aliphatic hydroxyl groups excluding tert-OH is 2. The molecule has 1 heterocycles. The van der Waals surface area contributed by atoms with E-state index in [9.17, 15) is 19.8 Å². The maximum absolute atomic E-state index is 11.2. The number of aromatic nitrogens is 1. The number of carbonyl (C=O) groups is 2. The molecule has 1 amide bonds. The molecule has 2 rings (SSSR count). The molecular formula is C13H14N2O5. The lowest BCUT2D eigenvalue weighted by atomic mass is 9.98. The number of para-hydroxylation sites is 1. The number of benzene rings is 1. The number of aliphatic hydroxyl groups is 2. The number of primary amides is 1. The van der Waals surface area contributed by atoms with Gasteiger partial charge >= 0.3 is 5.97 Å². The first-order valence-electron chi connectivity index (χ1n) is 5.90. The normalized spacial score (nSPS) is 14.1. The van der Waals surface area contributed by atoms with E-state index >= 15 is 0 Å². The minimum absolute atomic E-state index is 0.0434. The molecule has 7 nitrogen and oxygen atoms in total. The van der Waals surface area contributed by atoms with Gasteiger partial charge < -0.3 is 26.0 Å². The lowest BCUT2D eigenvalue weighted by Gasteiger charge is -2.17. The second-order valence-electron chi connectivity index (χ2n) is 4.45. The Hall–Kier alpha value is -2.38. The summed E-state index contributed by atoms with van der Waals surface area (Å²) in [5, 5.41) is 29.5. The van der Waals surface area contributed by atoms with Crippen molar-refractivity contribution in [3.8, 4) is 0 Å². The van der Waals surface area contributed by atoms with Crippen molar-refractivity contribution < 1.29 is 24.9 Å². The zero-order valence-electron chi connectivity index (χ0n) is 10.4. The minimum Gasteiger partial charge on any atom is -0.477 e. The molecule has 106 valence electrons. The van der Waals surface area contributed by atoms with Crippen LogP contribution in [0.15, 0.2) is 24.3 Å². The van der Waals surface area contributed by atoms with Crippen LogP contribution in [0.4, 0.5) is 0 Å².